The van der Waals surface area contributed by atoms with Crippen molar-refractivity contribution in [2.45, 2.75) is 51.1 Å². The van der Waals surface area contributed by atoms with E-state index in [1.54, 1.807) is 0 Å². The van der Waals surface area contributed by atoms with Gasteiger partial charge in [0.05, 0.1) is 11.7 Å². The molecule has 0 saturated carbocycles. The smallest absolute Gasteiger partial charge is 0.0651 e. The molecule has 2 heterocycles. The molecule has 0 bridgehead atoms. The van der Waals surface area contributed by atoms with Gasteiger partial charge < -0.3 is 5.73 Å². The summed E-state index contributed by atoms with van der Waals surface area (Å²) >= 11 is 0. The van der Waals surface area contributed by atoms with Crippen molar-refractivity contribution in [2.24, 2.45) is 12.8 Å². The third kappa shape index (κ3) is 2.31. The summed E-state index contributed by atoms with van der Waals surface area (Å²) in [6.45, 7) is 6.90. The molecule has 2 atom stereocenters. The molecule has 1 aliphatic heterocycles. The first kappa shape index (κ1) is 13.6. The quantitative estimate of drug-likeness (QED) is 0.890. The minimum atomic E-state index is 0.0214. The molecule has 18 heavy (non-hydrogen) atoms. The van der Waals surface area contributed by atoms with Gasteiger partial charge in [-0.1, -0.05) is 13.3 Å². The average Bonchev–Trinajstić information content (AvgIpc) is 2.84. The minimum absolute atomic E-state index is 0.0214. The van der Waals surface area contributed by atoms with Crippen LogP contribution in [0.5, 0.6) is 0 Å². The van der Waals surface area contributed by atoms with Crippen LogP contribution in [0.15, 0.2) is 12.3 Å². The molecular formula is C14H26N4. The molecule has 0 amide bonds. The molecular weight excluding hydrogens is 224 g/mol. The van der Waals surface area contributed by atoms with Crippen LogP contribution in [-0.2, 0) is 7.05 Å². The Hall–Kier alpha value is -0.870. The molecule has 0 spiro atoms. The van der Waals surface area contributed by atoms with Crippen molar-refractivity contribution in [3.8, 4) is 0 Å². The van der Waals surface area contributed by atoms with E-state index in [2.05, 4.69) is 23.8 Å². The van der Waals surface area contributed by atoms with Crippen LogP contribution in [0.4, 0.5) is 0 Å². The predicted molar refractivity (Wildman–Crippen MR) is 74.3 cm³/mol. The number of hydrogen-bond acceptors (Lipinski definition) is 3. The maximum Gasteiger partial charge on any atom is 0.0651 e. The van der Waals surface area contributed by atoms with Crippen LogP contribution in [0, 0.1) is 0 Å². The van der Waals surface area contributed by atoms with E-state index < -0.39 is 0 Å². The van der Waals surface area contributed by atoms with E-state index in [1.165, 1.54) is 32.4 Å². The van der Waals surface area contributed by atoms with Gasteiger partial charge in [-0.3, -0.25) is 9.58 Å². The molecule has 2 rings (SSSR count). The molecule has 1 aromatic heterocycles. The largest absolute Gasteiger partial charge is 0.321 e. The maximum absolute atomic E-state index is 6.56. The van der Waals surface area contributed by atoms with Crippen LogP contribution in [0.2, 0.25) is 0 Å². The summed E-state index contributed by atoms with van der Waals surface area (Å²) in [6, 6.07) is 2.07. The standard InChI is InChI=1S/C14H26N4/c1-4-14(2,18-10-6-5-7-11-18)13(15)12-8-9-16-17(12)3/h8-9,13H,4-7,10-11,15H2,1-3H3. The van der Waals surface area contributed by atoms with Gasteiger partial charge in [-0.25, -0.2) is 0 Å². The summed E-state index contributed by atoms with van der Waals surface area (Å²) in [5.41, 5.74) is 7.72. The van der Waals surface area contributed by atoms with Crippen LogP contribution in [0.3, 0.4) is 0 Å². The van der Waals surface area contributed by atoms with Gasteiger partial charge in [0.25, 0.3) is 0 Å². The van der Waals surface area contributed by atoms with E-state index in [1.807, 2.05) is 24.0 Å². The van der Waals surface area contributed by atoms with Crippen molar-refractivity contribution >= 4 is 0 Å². The van der Waals surface area contributed by atoms with Crippen molar-refractivity contribution in [3.63, 3.8) is 0 Å². The second-order valence-electron chi connectivity index (χ2n) is 5.62. The maximum atomic E-state index is 6.56. The highest BCUT2D eigenvalue weighted by Gasteiger charge is 2.38. The van der Waals surface area contributed by atoms with Gasteiger partial charge in [0.2, 0.25) is 0 Å². The van der Waals surface area contributed by atoms with Crippen LogP contribution in [-0.4, -0.2) is 33.3 Å². The number of nitrogens with zero attached hydrogens (tertiary/aromatic N) is 3. The van der Waals surface area contributed by atoms with Crippen molar-refractivity contribution in [1.29, 1.82) is 0 Å². The zero-order valence-electron chi connectivity index (χ0n) is 11.9. The first-order valence-corrected chi connectivity index (χ1v) is 7.08. The topological polar surface area (TPSA) is 47.1 Å². The highest BCUT2D eigenvalue weighted by molar-refractivity contribution is 5.13. The Balaban J connectivity index is 2.22. The van der Waals surface area contributed by atoms with E-state index in [0.29, 0.717) is 0 Å². The number of aryl methyl sites for hydroxylation is 1. The average molecular weight is 250 g/mol. The lowest BCUT2D eigenvalue weighted by Gasteiger charge is -2.46. The molecule has 1 aromatic rings. The van der Waals surface area contributed by atoms with Crippen LogP contribution < -0.4 is 5.73 Å². The van der Waals surface area contributed by atoms with E-state index in [9.17, 15) is 0 Å². The Bertz CT molecular complexity index is 381. The molecule has 1 fully saturated rings. The van der Waals surface area contributed by atoms with E-state index in [0.717, 1.165) is 12.1 Å². The summed E-state index contributed by atoms with van der Waals surface area (Å²) in [6.07, 6.45) is 6.86. The van der Waals surface area contributed by atoms with Crippen LogP contribution >= 0.6 is 0 Å². The van der Waals surface area contributed by atoms with Gasteiger partial charge in [-0.2, -0.15) is 5.10 Å². The number of piperidine rings is 1. The van der Waals surface area contributed by atoms with Gasteiger partial charge in [0.15, 0.2) is 0 Å². The summed E-state index contributed by atoms with van der Waals surface area (Å²) < 4.78 is 1.91. The number of nitrogens with two attached hydrogens (primary N) is 1. The fourth-order valence-corrected chi connectivity index (χ4v) is 3.05. The van der Waals surface area contributed by atoms with Gasteiger partial charge >= 0.3 is 0 Å². The van der Waals surface area contributed by atoms with Gasteiger partial charge in [0.1, 0.15) is 0 Å². The molecule has 0 radical (unpaired) electrons. The SMILES string of the molecule is CCC(C)(C(N)c1ccnn1C)N1CCCCC1. The van der Waals surface area contributed by atoms with Crippen molar-refractivity contribution in [2.75, 3.05) is 13.1 Å². The monoisotopic (exact) mass is 250 g/mol. The zero-order chi connectivity index (χ0) is 13.2. The van der Waals surface area contributed by atoms with Crippen molar-refractivity contribution in [3.05, 3.63) is 18.0 Å². The third-order valence-electron chi connectivity index (χ3n) is 4.64. The first-order chi connectivity index (χ1) is 8.59. The van der Waals surface area contributed by atoms with Crippen molar-refractivity contribution < 1.29 is 0 Å². The minimum Gasteiger partial charge on any atom is -0.321 e. The summed E-state index contributed by atoms with van der Waals surface area (Å²) in [4.78, 5) is 2.58. The van der Waals surface area contributed by atoms with E-state index >= 15 is 0 Å². The van der Waals surface area contributed by atoms with Gasteiger partial charge in [-0.15, -0.1) is 0 Å². The number of rotatable bonds is 4. The summed E-state index contributed by atoms with van der Waals surface area (Å²) in [7, 11) is 1.97. The van der Waals surface area contributed by atoms with Gasteiger partial charge in [0, 0.05) is 18.8 Å². The van der Waals surface area contributed by atoms with E-state index in [-0.39, 0.29) is 11.6 Å². The Morgan fingerprint density at radius 1 is 1.39 bits per heavy atom. The highest BCUT2D eigenvalue weighted by Crippen LogP contribution is 2.34. The second-order valence-corrected chi connectivity index (χ2v) is 5.62. The summed E-state index contributed by atoms with van der Waals surface area (Å²) in [5, 5.41) is 4.25. The number of hydrogen-bond donors (Lipinski definition) is 1. The molecule has 1 saturated heterocycles. The number of likely N-dealkylation sites (tertiary alicyclic amines) is 1. The number of aromatic nitrogens is 2. The molecule has 2 N–H and O–H groups in total. The van der Waals surface area contributed by atoms with Gasteiger partial charge in [-0.05, 0) is 45.3 Å². The molecule has 2 unspecified atom stereocenters. The summed E-state index contributed by atoms with van der Waals surface area (Å²) in [5.74, 6) is 0. The van der Waals surface area contributed by atoms with E-state index in [4.69, 9.17) is 5.73 Å². The second kappa shape index (κ2) is 5.41. The Kier molecular flexibility index (Phi) is 4.07. The fraction of sp³-hybridized carbons (Fsp3) is 0.786. The lowest BCUT2D eigenvalue weighted by Crippen LogP contribution is -2.55. The molecule has 102 valence electrons. The molecule has 0 aromatic carbocycles. The Labute approximate surface area is 110 Å². The predicted octanol–water partition coefficient (Wildman–Crippen LogP) is 2.07. The first-order valence-electron chi connectivity index (χ1n) is 7.08. The molecule has 4 nitrogen and oxygen atoms in total. The third-order valence-corrected chi connectivity index (χ3v) is 4.64. The molecule has 1 aliphatic rings. The fourth-order valence-electron chi connectivity index (χ4n) is 3.05. The molecule has 4 heteroatoms. The van der Waals surface area contributed by atoms with Crippen LogP contribution in [0.25, 0.3) is 0 Å². The normalized spacial score (nSPS) is 22.7. The lowest BCUT2D eigenvalue weighted by molar-refractivity contribution is 0.0521. The van der Waals surface area contributed by atoms with Crippen LogP contribution in [0.1, 0.15) is 51.3 Å². The Morgan fingerprint density at radius 2 is 2.06 bits per heavy atom. The molecule has 0 aliphatic carbocycles. The van der Waals surface area contributed by atoms with Crippen molar-refractivity contribution in [1.82, 2.24) is 14.7 Å². The zero-order valence-corrected chi connectivity index (χ0v) is 11.9. The highest BCUT2D eigenvalue weighted by atomic mass is 15.3. The lowest BCUT2D eigenvalue weighted by atomic mass is 9.84. The Morgan fingerprint density at radius 3 is 2.56 bits per heavy atom.